The average Bonchev–Trinajstić information content (AvgIpc) is 2.83. The summed E-state index contributed by atoms with van der Waals surface area (Å²) in [7, 11) is 1.79. The third kappa shape index (κ3) is 8.82. The van der Waals surface area contributed by atoms with Crippen molar-refractivity contribution >= 4 is 48.1 Å². The van der Waals surface area contributed by atoms with Gasteiger partial charge in [0, 0.05) is 56.4 Å². The van der Waals surface area contributed by atoms with Crippen molar-refractivity contribution in [3.63, 3.8) is 0 Å². The highest BCUT2D eigenvalue weighted by Crippen LogP contribution is 2.19. The summed E-state index contributed by atoms with van der Waals surface area (Å²) in [5.41, 5.74) is 3.40. The molecule has 4 aromatic rings. The smallest absolute Gasteiger partial charge is 0.250 e. The Morgan fingerprint density at radius 3 is 2.43 bits per heavy atom. The van der Waals surface area contributed by atoms with Gasteiger partial charge in [-0.2, -0.15) is 0 Å². The molecule has 0 aliphatic heterocycles. The van der Waals surface area contributed by atoms with Crippen molar-refractivity contribution in [2.24, 2.45) is 7.05 Å². The summed E-state index contributed by atoms with van der Waals surface area (Å²) in [6.07, 6.45) is 9.48. The molecule has 3 heterocycles. The normalized spacial score (nSPS) is 10.2. The van der Waals surface area contributed by atoms with E-state index in [0.29, 0.717) is 6.61 Å². The van der Waals surface area contributed by atoms with Crippen molar-refractivity contribution in [1.82, 2.24) is 19.4 Å². The summed E-state index contributed by atoms with van der Waals surface area (Å²) >= 11 is 0. The first-order valence-electron chi connectivity index (χ1n) is 10.9. The van der Waals surface area contributed by atoms with Gasteiger partial charge in [-0.3, -0.25) is 19.7 Å². The highest BCUT2D eigenvalue weighted by atomic mass is 35.5. The quantitative estimate of drug-likeness (QED) is 0.281. The standard InChI is InChI=1S/C26H28N4O2.3ClH/c1-29-25-8-7-24(18-23(25)6-9-26(29)31)32-17-16-30(20-22-10-13-27-14-11-22)15-3-5-21-4-2-12-28-19-21;;;/h2,4,6-14,18-19H,3,5,15-17,20H2,1H3;3*1H. The molecular weight excluding hydrogens is 507 g/mol. The number of hydrogen-bond acceptors (Lipinski definition) is 5. The second kappa shape index (κ2) is 15.4. The van der Waals surface area contributed by atoms with Crippen molar-refractivity contribution in [2.75, 3.05) is 19.7 Å². The molecule has 0 aliphatic rings. The van der Waals surface area contributed by atoms with E-state index in [4.69, 9.17) is 4.74 Å². The van der Waals surface area contributed by atoms with Gasteiger partial charge in [-0.15, -0.1) is 37.2 Å². The summed E-state index contributed by atoms with van der Waals surface area (Å²) in [6.45, 7) is 3.25. The zero-order chi connectivity index (χ0) is 22.2. The molecule has 0 spiro atoms. The summed E-state index contributed by atoms with van der Waals surface area (Å²) < 4.78 is 7.72. The van der Waals surface area contributed by atoms with E-state index < -0.39 is 0 Å². The lowest BCUT2D eigenvalue weighted by Gasteiger charge is -2.22. The molecule has 6 nitrogen and oxygen atoms in total. The van der Waals surface area contributed by atoms with E-state index >= 15 is 0 Å². The Labute approximate surface area is 224 Å². The van der Waals surface area contributed by atoms with E-state index in [9.17, 15) is 4.79 Å². The zero-order valence-electron chi connectivity index (χ0n) is 19.6. The van der Waals surface area contributed by atoms with Gasteiger partial charge in [0.2, 0.25) is 0 Å². The topological polar surface area (TPSA) is 60.2 Å². The lowest BCUT2D eigenvalue weighted by atomic mass is 10.1. The molecule has 188 valence electrons. The highest BCUT2D eigenvalue weighted by Gasteiger charge is 2.08. The van der Waals surface area contributed by atoms with Crippen molar-refractivity contribution in [3.8, 4) is 5.75 Å². The van der Waals surface area contributed by atoms with Gasteiger partial charge in [-0.05, 0) is 73.0 Å². The SMILES string of the molecule is Cl.Cl.Cl.Cn1c(=O)ccc2cc(OCCN(CCCc3cccnc3)Cc3ccncc3)ccc21. The summed E-state index contributed by atoms with van der Waals surface area (Å²) in [6, 6.07) is 17.5. The molecular formula is C26H31Cl3N4O2. The molecule has 0 unspecified atom stereocenters. The molecule has 0 bridgehead atoms. The Bertz CT molecular complexity index is 1210. The summed E-state index contributed by atoms with van der Waals surface area (Å²) in [5.74, 6) is 0.815. The molecule has 0 fully saturated rings. The van der Waals surface area contributed by atoms with Crippen LogP contribution in [0.25, 0.3) is 10.9 Å². The van der Waals surface area contributed by atoms with Crippen molar-refractivity contribution in [2.45, 2.75) is 19.4 Å². The Kier molecular flexibility index (Phi) is 13.3. The average molecular weight is 538 g/mol. The first-order chi connectivity index (χ1) is 15.7. The Hall–Kier alpha value is -2.64. The fraction of sp³-hybridized carbons (Fsp3) is 0.269. The van der Waals surface area contributed by atoms with Gasteiger partial charge in [0.25, 0.3) is 5.56 Å². The number of rotatable bonds is 10. The molecule has 0 aliphatic carbocycles. The molecule has 4 rings (SSSR count). The third-order valence-corrected chi connectivity index (χ3v) is 5.59. The predicted molar refractivity (Wildman–Crippen MR) is 148 cm³/mol. The molecule has 35 heavy (non-hydrogen) atoms. The van der Waals surface area contributed by atoms with Gasteiger partial charge in [-0.25, -0.2) is 0 Å². The van der Waals surface area contributed by atoms with Gasteiger partial charge < -0.3 is 9.30 Å². The number of aryl methyl sites for hydroxylation is 2. The lowest BCUT2D eigenvalue weighted by Crippen LogP contribution is -2.29. The van der Waals surface area contributed by atoms with Crippen molar-refractivity contribution in [3.05, 3.63) is 101 Å². The number of aromatic nitrogens is 3. The van der Waals surface area contributed by atoms with Gasteiger partial charge in [0.1, 0.15) is 12.4 Å². The first kappa shape index (κ1) is 30.4. The number of ether oxygens (including phenoxy) is 1. The molecule has 0 amide bonds. The second-order valence-corrected chi connectivity index (χ2v) is 7.90. The maximum atomic E-state index is 11.8. The van der Waals surface area contributed by atoms with Gasteiger partial charge in [-0.1, -0.05) is 6.07 Å². The van der Waals surface area contributed by atoms with Gasteiger partial charge in [0.15, 0.2) is 0 Å². The van der Waals surface area contributed by atoms with Crippen LogP contribution >= 0.6 is 37.2 Å². The number of pyridine rings is 3. The van der Waals surface area contributed by atoms with E-state index in [0.717, 1.165) is 49.1 Å². The van der Waals surface area contributed by atoms with Crippen molar-refractivity contribution in [1.29, 1.82) is 0 Å². The van der Waals surface area contributed by atoms with Gasteiger partial charge in [0.05, 0.1) is 5.52 Å². The maximum absolute atomic E-state index is 11.8. The van der Waals surface area contributed by atoms with E-state index in [1.807, 2.05) is 55.1 Å². The minimum atomic E-state index is -0.00999. The van der Waals surface area contributed by atoms with Crippen LogP contribution in [-0.4, -0.2) is 39.1 Å². The monoisotopic (exact) mass is 536 g/mol. The van der Waals surface area contributed by atoms with Crippen LogP contribution in [0.1, 0.15) is 17.5 Å². The van der Waals surface area contributed by atoms with E-state index in [2.05, 4.69) is 33.1 Å². The minimum Gasteiger partial charge on any atom is -0.492 e. The summed E-state index contributed by atoms with van der Waals surface area (Å²) in [5, 5.41) is 0.995. The van der Waals surface area contributed by atoms with Crippen LogP contribution in [0, 0.1) is 0 Å². The number of halogens is 3. The number of benzene rings is 1. The van der Waals surface area contributed by atoms with Crippen molar-refractivity contribution < 1.29 is 4.74 Å². The van der Waals surface area contributed by atoms with E-state index in [-0.39, 0.29) is 42.8 Å². The number of fused-ring (bicyclic) bond motifs is 1. The lowest BCUT2D eigenvalue weighted by molar-refractivity contribution is 0.201. The fourth-order valence-corrected chi connectivity index (χ4v) is 3.81. The third-order valence-electron chi connectivity index (χ3n) is 5.59. The maximum Gasteiger partial charge on any atom is 0.250 e. The Morgan fingerprint density at radius 1 is 0.886 bits per heavy atom. The molecule has 0 atom stereocenters. The van der Waals surface area contributed by atoms with Crippen LogP contribution in [0.5, 0.6) is 5.75 Å². The molecule has 0 saturated heterocycles. The van der Waals surface area contributed by atoms with Gasteiger partial charge >= 0.3 is 0 Å². The molecule has 1 aromatic carbocycles. The first-order valence-corrected chi connectivity index (χ1v) is 10.9. The number of nitrogens with zero attached hydrogens (tertiary/aromatic N) is 4. The number of hydrogen-bond donors (Lipinski definition) is 0. The molecule has 3 aromatic heterocycles. The van der Waals surface area contributed by atoms with Crippen LogP contribution in [-0.2, 0) is 20.0 Å². The largest absolute Gasteiger partial charge is 0.492 e. The van der Waals surface area contributed by atoms with E-state index in [1.54, 1.807) is 17.7 Å². The van der Waals surface area contributed by atoms with Crippen LogP contribution in [0.4, 0.5) is 0 Å². The van der Waals surface area contributed by atoms with Crippen LogP contribution in [0.15, 0.2) is 84.2 Å². The fourth-order valence-electron chi connectivity index (χ4n) is 3.81. The van der Waals surface area contributed by atoms with E-state index in [1.165, 1.54) is 11.1 Å². The highest BCUT2D eigenvalue weighted by molar-refractivity contribution is 5.86. The minimum absolute atomic E-state index is 0. The Balaban J connectivity index is 0.00000204. The van der Waals surface area contributed by atoms with Crippen LogP contribution < -0.4 is 10.3 Å². The van der Waals surface area contributed by atoms with Crippen LogP contribution in [0.2, 0.25) is 0 Å². The summed E-state index contributed by atoms with van der Waals surface area (Å²) in [4.78, 5) is 22.6. The molecule has 0 saturated carbocycles. The zero-order valence-corrected chi connectivity index (χ0v) is 22.0. The molecule has 0 radical (unpaired) electrons. The molecule has 0 N–H and O–H groups in total. The van der Waals surface area contributed by atoms with Crippen LogP contribution in [0.3, 0.4) is 0 Å². The molecule has 9 heteroatoms. The predicted octanol–water partition coefficient (Wildman–Crippen LogP) is 5.11. The Morgan fingerprint density at radius 2 is 1.69 bits per heavy atom. The second-order valence-electron chi connectivity index (χ2n) is 7.90.